The lowest BCUT2D eigenvalue weighted by atomic mass is 10.1. The summed E-state index contributed by atoms with van der Waals surface area (Å²) in [5, 5.41) is 6.34. The third-order valence-electron chi connectivity index (χ3n) is 4.88. The molecule has 6 heteroatoms. The van der Waals surface area contributed by atoms with Gasteiger partial charge in [-0.3, -0.25) is 4.79 Å². The maximum Gasteiger partial charge on any atom is 0.260 e. The number of rotatable bonds is 7. The van der Waals surface area contributed by atoms with Crippen molar-refractivity contribution >= 4 is 52.0 Å². The third-order valence-corrected chi connectivity index (χ3v) is 6.75. The number of carbonyl (C=O) groups is 1. The fraction of sp³-hybridized carbons (Fsp3) is 0.160. The first-order valence-electron chi connectivity index (χ1n) is 10.1. The van der Waals surface area contributed by atoms with Crippen LogP contribution in [0.5, 0.6) is 5.75 Å². The Hall–Kier alpha value is -2.45. The van der Waals surface area contributed by atoms with Gasteiger partial charge in [0.15, 0.2) is 5.50 Å². The first-order chi connectivity index (χ1) is 15.1. The Morgan fingerprint density at radius 1 is 1.06 bits per heavy atom. The normalized spacial score (nSPS) is 16.9. The number of carbonyl (C=O) groups excluding carboxylic acids is 1. The number of benzene rings is 3. The van der Waals surface area contributed by atoms with Gasteiger partial charge >= 0.3 is 0 Å². The van der Waals surface area contributed by atoms with Crippen molar-refractivity contribution in [3.05, 3.63) is 98.0 Å². The van der Waals surface area contributed by atoms with Crippen molar-refractivity contribution in [2.24, 2.45) is 0 Å². The van der Waals surface area contributed by atoms with Crippen molar-refractivity contribution in [1.29, 1.82) is 0 Å². The van der Waals surface area contributed by atoms with Crippen LogP contribution in [0.4, 0.5) is 5.69 Å². The van der Waals surface area contributed by atoms with Gasteiger partial charge in [0, 0.05) is 5.69 Å². The van der Waals surface area contributed by atoms with Crippen molar-refractivity contribution < 1.29 is 9.53 Å². The molecule has 4 nitrogen and oxygen atoms in total. The zero-order chi connectivity index (χ0) is 21.6. The molecule has 3 aromatic carbocycles. The molecule has 3 aromatic rings. The van der Waals surface area contributed by atoms with Gasteiger partial charge in [-0.2, -0.15) is 0 Å². The molecule has 4 rings (SSSR count). The highest BCUT2D eigenvalue weighted by atomic mass is 127. The number of ether oxygens (including phenoxy) is 1. The van der Waals surface area contributed by atoms with Gasteiger partial charge in [0.2, 0.25) is 0 Å². The first kappa shape index (κ1) is 21.8. The van der Waals surface area contributed by atoms with Crippen molar-refractivity contribution in [2.75, 3.05) is 5.32 Å². The number of hydrogen-bond acceptors (Lipinski definition) is 4. The molecule has 0 radical (unpaired) electrons. The van der Waals surface area contributed by atoms with Crippen LogP contribution in [-0.4, -0.2) is 11.4 Å². The molecule has 1 heterocycles. The molecule has 0 aromatic heterocycles. The van der Waals surface area contributed by atoms with Gasteiger partial charge in [-0.1, -0.05) is 67.2 Å². The van der Waals surface area contributed by atoms with E-state index in [9.17, 15) is 4.79 Å². The summed E-state index contributed by atoms with van der Waals surface area (Å²) in [6.07, 6.45) is 2.93. The van der Waals surface area contributed by atoms with Gasteiger partial charge < -0.3 is 15.4 Å². The fourth-order valence-corrected chi connectivity index (χ4v) is 4.84. The molecule has 0 unspecified atom stereocenters. The number of amides is 1. The highest BCUT2D eigenvalue weighted by Gasteiger charge is 2.27. The SMILES string of the molecule is CCc1ccc(N[C@@H]2NC(=O)/C(=C/c3ccc(OCc4ccccc4)c(I)c3)S2)cc1. The van der Waals surface area contributed by atoms with E-state index < -0.39 is 0 Å². The lowest BCUT2D eigenvalue weighted by Gasteiger charge is -2.12. The summed E-state index contributed by atoms with van der Waals surface area (Å²) in [5.74, 6) is 0.775. The van der Waals surface area contributed by atoms with Crippen LogP contribution in [0.2, 0.25) is 0 Å². The molecule has 0 bridgehead atoms. The van der Waals surface area contributed by atoms with E-state index in [0.717, 1.165) is 32.6 Å². The van der Waals surface area contributed by atoms with Crippen LogP contribution in [0, 0.1) is 3.57 Å². The molecule has 2 N–H and O–H groups in total. The van der Waals surface area contributed by atoms with Crippen LogP contribution in [0.15, 0.2) is 77.7 Å². The summed E-state index contributed by atoms with van der Waals surface area (Å²) in [5.41, 5.74) is 4.21. The largest absolute Gasteiger partial charge is 0.488 e. The standard InChI is InChI=1S/C25H23IN2O2S/c1-2-17-8-11-20(12-9-17)27-25-28-24(29)23(31-25)15-19-10-13-22(21(26)14-19)30-16-18-6-4-3-5-7-18/h3-15,25,27H,2,16H2,1H3,(H,28,29)/b23-15-/t25-/m1/s1. The lowest BCUT2D eigenvalue weighted by Crippen LogP contribution is -2.30. The molecule has 1 fully saturated rings. The predicted octanol–water partition coefficient (Wildman–Crippen LogP) is 6.03. The molecule has 1 amide bonds. The van der Waals surface area contributed by atoms with Crippen LogP contribution in [-0.2, 0) is 17.8 Å². The van der Waals surface area contributed by atoms with Crippen LogP contribution < -0.4 is 15.4 Å². The summed E-state index contributed by atoms with van der Waals surface area (Å²) in [6, 6.07) is 24.4. The summed E-state index contributed by atoms with van der Waals surface area (Å²) in [7, 11) is 0. The highest BCUT2D eigenvalue weighted by molar-refractivity contribution is 14.1. The van der Waals surface area contributed by atoms with Crippen molar-refractivity contribution in [1.82, 2.24) is 5.32 Å². The fourth-order valence-electron chi connectivity index (χ4n) is 3.16. The molecular formula is C25H23IN2O2S. The Bertz CT molecular complexity index is 1080. The quantitative estimate of drug-likeness (QED) is 0.283. The maximum absolute atomic E-state index is 12.4. The molecule has 0 spiro atoms. The predicted molar refractivity (Wildman–Crippen MR) is 137 cm³/mol. The molecule has 1 saturated heterocycles. The van der Waals surface area contributed by atoms with E-state index in [4.69, 9.17) is 4.74 Å². The van der Waals surface area contributed by atoms with E-state index in [2.05, 4.69) is 52.3 Å². The molecule has 1 atom stereocenters. The van der Waals surface area contributed by atoms with Crippen molar-refractivity contribution in [2.45, 2.75) is 25.4 Å². The topological polar surface area (TPSA) is 50.4 Å². The van der Waals surface area contributed by atoms with Gasteiger partial charge in [0.25, 0.3) is 5.91 Å². The van der Waals surface area contributed by atoms with Gasteiger partial charge in [0.05, 0.1) is 8.48 Å². The summed E-state index contributed by atoms with van der Waals surface area (Å²) in [4.78, 5) is 13.1. The Morgan fingerprint density at radius 2 is 1.84 bits per heavy atom. The Balaban J connectivity index is 1.39. The maximum atomic E-state index is 12.4. The second kappa shape index (κ2) is 10.2. The van der Waals surface area contributed by atoms with Gasteiger partial charge in [-0.25, -0.2) is 0 Å². The second-order valence-corrected chi connectivity index (χ2v) is 9.45. The number of thioether (sulfide) groups is 1. The number of halogens is 1. The van der Waals surface area contributed by atoms with E-state index in [1.54, 1.807) is 0 Å². The minimum Gasteiger partial charge on any atom is -0.488 e. The number of hydrogen-bond donors (Lipinski definition) is 2. The molecule has 0 saturated carbocycles. The monoisotopic (exact) mass is 542 g/mol. The molecule has 31 heavy (non-hydrogen) atoms. The van der Waals surface area contributed by atoms with E-state index in [1.807, 2.05) is 66.7 Å². The number of nitrogens with one attached hydrogen (secondary N) is 2. The van der Waals surface area contributed by atoms with Crippen LogP contribution in [0.1, 0.15) is 23.6 Å². The zero-order valence-electron chi connectivity index (χ0n) is 17.1. The Morgan fingerprint density at radius 3 is 2.55 bits per heavy atom. The zero-order valence-corrected chi connectivity index (χ0v) is 20.1. The average Bonchev–Trinajstić information content (AvgIpc) is 3.13. The van der Waals surface area contributed by atoms with Crippen molar-refractivity contribution in [3.8, 4) is 5.75 Å². The number of aryl methyl sites for hydroxylation is 1. The molecule has 1 aliphatic heterocycles. The Kier molecular flexibility index (Phi) is 7.19. The molecular weight excluding hydrogens is 519 g/mol. The van der Waals surface area contributed by atoms with Crippen LogP contribution in [0.3, 0.4) is 0 Å². The third kappa shape index (κ3) is 5.83. The minimum atomic E-state index is -0.182. The molecule has 158 valence electrons. The summed E-state index contributed by atoms with van der Waals surface area (Å²) >= 11 is 3.76. The van der Waals surface area contributed by atoms with E-state index in [1.165, 1.54) is 17.3 Å². The first-order valence-corrected chi connectivity index (χ1v) is 12.1. The Labute approximate surface area is 200 Å². The van der Waals surface area contributed by atoms with Gasteiger partial charge in [0.1, 0.15) is 12.4 Å². The average molecular weight is 542 g/mol. The van der Waals surface area contributed by atoms with Gasteiger partial charge in [-0.05, 0) is 76.0 Å². The van der Waals surface area contributed by atoms with E-state index in [0.29, 0.717) is 11.5 Å². The lowest BCUT2D eigenvalue weighted by molar-refractivity contribution is -0.116. The van der Waals surface area contributed by atoms with E-state index in [-0.39, 0.29) is 11.4 Å². The van der Waals surface area contributed by atoms with Gasteiger partial charge in [-0.15, -0.1) is 0 Å². The van der Waals surface area contributed by atoms with Crippen molar-refractivity contribution in [3.63, 3.8) is 0 Å². The number of anilines is 1. The molecule has 1 aliphatic rings. The summed E-state index contributed by atoms with van der Waals surface area (Å²) < 4.78 is 6.96. The van der Waals surface area contributed by atoms with Crippen LogP contribution in [0.25, 0.3) is 6.08 Å². The molecule has 0 aliphatic carbocycles. The summed E-state index contributed by atoms with van der Waals surface area (Å²) in [6.45, 7) is 2.66. The van der Waals surface area contributed by atoms with Crippen LogP contribution >= 0.6 is 34.4 Å². The van der Waals surface area contributed by atoms with E-state index >= 15 is 0 Å². The second-order valence-electron chi connectivity index (χ2n) is 7.14. The highest BCUT2D eigenvalue weighted by Crippen LogP contribution is 2.31. The smallest absolute Gasteiger partial charge is 0.260 e. The minimum absolute atomic E-state index is 0.0629.